The summed E-state index contributed by atoms with van der Waals surface area (Å²) in [6.07, 6.45) is 5.14. The van der Waals surface area contributed by atoms with Gasteiger partial charge in [-0.3, -0.25) is 14.5 Å². The molecule has 1 unspecified atom stereocenters. The molecule has 182 valence electrons. The van der Waals surface area contributed by atoms with E-state index in [0.29, 0.717) is 22.3 Å². The van der Waals surface area contributed by atoms with Gasteiger partial charge in [0.2, 0.25) is 11.8 Å². The van der Waals surface area contributed by atoms with Gasteiger partial charge >= 0.3 is 0 Å². The summed E-state index contributed by atoms with van der Waals surface area (Å²) in [4.78, 5) is 27.3. The van der Waals surface area contributed by atoms with Crippen LogP contribution in [0.25, 0.3) is 6.08 Å². The molecule has 1 saturated heterocycles. The number of allylic oxidation sites excluding steroid dienone is 1. The predicted octanol–water partition coefficient (Wildman–Crippen LogP) is 4.93. The predicted molar refractivity (Wildman–Crippen MR) is 145 cm³/mol. The van der Waals surface area contributed by atoms with Crippen molar-refractivity contribution >= 4 is 52.4 Å². The van der Waals surface area contributed by atoms with Gasteiger partial charge < -0.3 is 15.2 Å². The molecule has 9 heteroatoms. The molecule has 1 atom stereocenters. The third-order valence-electron chi connectivity index (χ3n) is 5.17. The lowest BCUT2D eigenvalue weighted by molar-refractivity contribution is -0.121. The Hall–Kier alpha value is -4.37. The Labute approximate surface area is 213 Å². The molecule has 1 heterocycles. The van der Waals surface area contributed by atoms with Crippen LogP contribution in [0.1, 0.15) is 12.0 Å². The zero-order valence-electron chi connectivity index (χ0n) is 19.4. The smallest absolute Gasteiger partial charge is 0.247 e. The zero-order chi connectivity index (χ0) is 25.3. The van der Waals surface area contributed by atoms with Crippen molar-refractivity contribution in [1.82, 2.24) is 0 Å². The largest absolute Gasteiger partial charge is 0.508 e. The van der Waals surface area contributed by atoms with Gasteiger partial charge in [0.1, 0.15) is 16.7 Å². The van der Waals surface area contributed by atoms with Crippen molar-refractivity contribution in [2.75, 3.05) is 17.3 Å². The number of phenolic OH excluding ortho intramolecular Hbond substituents is 1. The lowest BCUT2D eigenvalue weighted by Crippen LogP contribution is -2.33. The lowest BCUT2D eigenvalue weighted by Gasteiger charge is -2.15. The normalized spacial score (nSPS) is 16.8. The van der Waals surface area contributed by atoms with E-state index >= 15 is 0 Å². The first kappa shape index (κ1) is 24.7. The molecule has 0 saturated carbocycles. The number of nitrogens with one attached hydrogen (secondary N) is 1. The number of carbonyl (C=O) groups is 2. The van der Waals surface area contributed by atoms with Gasteiger partial charge in [-0.15, -0.1) is 5.10 Å². The van der Waals surface area contributed by atoms with E-state index in [-0.39, 0.29) is 24.0 Å². The fourth-order valence-electron chi connectivity index (χ4n) is 3.40. The van der Waals surface area contributed by atoms with Crippen LogP contribution in [0.3, 0.4) is 0 Å². The van der Waals surface area contributed by atoms with E-state index in [1.807, 2.05) is 36.4 Å². The minimum absolute atomic E-state index is 0.0409. The number of nitrogens with zero attached hydrogens (tertiary/aromatic N) is 3. The Morgan fingerprint density at radius 3 is 2.50 bits per heavy atom. The van der Waals surface area contributed by atoms with Crippen LogP contribution in [0, 0.1) is 0 Å². The third-order valence-corrected chi connectivity index (χ3v) is 6.30. The number of amidine groups is 1. The lowest BCUT2D eigenvalue weighted by atomic mass is 10.2. The number of ether oxygens (including phenoxy) is 1. The summed E-state index contributed by atoms with van der Waals surface area (Å²) in [5.74, 6) is 0.173. The van der Waals surface area contributed by atoms with Gasteiger partial charge in [-0.05, 0) is 60.2 Å². The van der Waals surface area contributed by atoms with E-state index in [1.54, 1.807) is 49.6 Å². The molecule has 1 fully saturated rings. The highest BCUT2D eigenvalue weighted by atomic mass is 32.2. The monoisotopic (exact) mass is 500 g/mol. The summed E-state index contributed by atoms with van der Waals surface area (Å²) in [5, 5.41) is 20.4. The minimum atomic E-state index is -0.675. The second-order valence-corrected chi connectivity index (χ2v) is 8.86. The quantitative estimate of drug-likeness (QED) is 0.337. The van der Waals surface area contributed by atoms with Crippen molar-refractivity contribution in [3.8, 4) is 11.5 Å². The molecule has 4 rings (SSSR count). The molecule has 0 spiro atoms. The number of thioether (sulfide) groups is 1. The molecule has 3 aromatic carbocycles. The first-order valence-electron chi connectivity index (χ1n) is 11.1. The van der Waals surface area contributed by atoms with E-state index in [2.05, 4.69) is 15.5 Å². The molecular formula is C27H24N4O4S. The van der Waals surface area contributed by atoms with E-state index in [9.17, 15) is 14.7 Å². The van der Waals surface area contributed by atoms with Crippen molar-refractivity contribution < 1.29 is 19.4 Å². The van der Waals surface area contributed by atoms with Crippen molar-refractivity contribution in [3.05, 3.63) is 90.5 Å². The molecule has 0 aliphatic carbocycles. The van der Waals surface area contributed by atoms with Gasteiger partial charge in [0.15, 0.2) is 5.17 Å². The van der Waals surface area contributed by atoms with Gasteiger partial charge in [-0.1, -0.05) is 48.2 Å². The van der Waals surface area contributed by atoms with Crippen LogP contribution in [0.5, 0.6) is 11.5 Å². The molecular weight excluding hydrogens is 476 g/mol. The highest BCUT2D eigenvalue weighted by molar-refractivity contribution is 8.16. The molecule has 2 amide bonds. The highest BCUT2D eigenvalue weighted by Crippen LogP contribution is 2.34. The van der Waals surface area contributed by atoms with Crippen LogP contribution in [0.4, 0.5) is 11.4 Å². The topological polar surface area (TPSA) is 104 Å². The molecule has 1 aliphatic rings. The van der Waals surface area contributed by atoms with E-state index in [4.69, 9.17) is 4.74 Å². The maximum atomic E-state index is 13.2. The Balaban J connectivity index is 1.48. The average Bonchev–Trinajstić information content (AvgIpc) is 3.19. The number of anilines is 2. The number of carbonyl (C=O) groups excluding carboxylic acids is 2. The van der Waals surface area contributed by atoms with E-state index < -0.39 is 5.25 Å². The molecule has 0 radical (unpaired) electrons. The average molecular weight is 501 g/mol. The molecule has 0 aromatic heterocycles. The third kappa shape index (κ3) is 6.39. The Morgan fingerprint density at radius 1 is 1.08 bits per heavy atom. The number of phenols is 1. The number of benzene rings is 3. The van der Waals surface area contributed by atoms with Gasteiger partial charge in [-0.2, -0.15) is 5.10 Å². The van der Waals surface area contributed by atoms with Crippen molar-refractivity contribution in [2.24, 2.45) is 10.2 Å². The van der Waals surface area contributed by atoms with Crippen LogP contribution in [-0.2, 0) is 9.59 Å². The van der Waals surface area contributed by atoms with Gasteiger partial charge in [0, 0.05) is 18.3 Å². The molecule has 2 N–H and O–H groups in total. The highest BCUT2D eigenvalue weighted by Gasteiger charge is 2.40. The number of aromatic hydroxyl groups is 1. The van der Waals surface area contributed by atoms with Crippen LogP contribution < -0.4 is 15.0 Å². The number of hydrogen-bond acceptors (Lipinski definition) is 7. The minimum Gasteiger partial charge on any atom is -0.508 e. The van der Waals surface area contributed by atoms with E-state index in [1.165, 1.54) is 35.0 Å². The molecule has 8 nitrogen and oxygen atoms in total. The molecule has 3 aromatic rings. The summed E-state index contributed by atoms with van der Waals surface area (Å²) >= 11 is 1.17. The first-order chi connectivity index (χ1) is 17.5. The van der Waals surface area contributed by atoms with Crippen molar-refractivity contribution in [2.45, 2.75) is 11.7 Å². The van der Waals surface area contributed by atoms with Crippen molar-refractivity contribution in [3.63, 3.8) is 0 Å². The maximum Gasteiger partial charge on any atom is 0.247 e. The maximum absolute atomic E-state index is 13.2. The standard InChI is InChI=1S/C27H24N4O4S/c1-35-23-15-9-20(10-16-23)29-25(33)18-24-26(34)31(21-11-13-22(32)14-12-21)27(36-24)30-28-17-5-8-19-6-3-2-4-7-19/h2-17,24,32H,18H2,1H3,(H,29,33)/b8-5+,28-17+,30-27+. The second kappa shape index (κ2) is 11.9. The summed E-state index contributed by atoms with van der Waals surface area (Å²) < 4.78 is 5.13. The SMILES string of the molecule is COc1ccc(NC(=O)CC2S/C(=N/N=C/C=C/c3ccccc3)N(c3ccc(O)cc3)C2=O)cc1. The zero-order valence-corrected chi connectivity index (χ0v) is 20.3. The van der Waals surface area contributed by atoms with E-state index in [0.717, 1.165) is 5.56 Å². The molecule has 1 aliphatic heterocycles. The van der Waals surface area contributed by atoms with Gasteiger partial charge in [0.05, 0.1) is 12.8 Å². The van der Waals surface area contributed by atoms with Crippen LogP contribution >= 0.6 is 11.8 Å². The van der Waals surface area contributed by atoms with Gasteiger partial charge in [-0.25, -0.2) is 0 Å². The summed E-state index contributed by atoms with van der Waals surface area (Å²) in [6.45, 7) is 0. The fraction of sp³-hybridized carbons (Fsp3) is 0.111. The number of methoxy groups -OCH3 is 1. The van der Waals surface area contributed by atoms with Gasteiger partial charge in [0.25, 0.3) is 0 Å². The summed E-state index contributed by atoms with van der Waals surface area (Å²) in [5.41, 5.74) is 2.16. The second-order valence-electron chi connectivity index (χ2n) is 7.69. The first-order valence-corrected chi connectivity index (χ1v) is 12.0. The van der Waals surface area contributed by atoms with Crippen LogP contribution in [0.2, 0.25) is 0 Å². The Bertz CT molecular complexity index is 1290. The Kier molecular flexibility index (Phi) is 8.15. The molecule has 36 heavy (non-hydrogen) atoms. The van der Waals surface area contributed by atoms with Crippen LogP contribution in [-0.4, -0.2) is 40.7 Å². The number of hydrogen-bond donors (Lipinski definition) is 2. The number of amides is 2. The summed E-state index contributed by atoms with van der Waals surface area (Å²) in [6, 6.07) is 22.9. The van der Waals surface area contributed by atoms with Crippen molar-refractivity contribution in [1.29, 1.82) is 0 Å². The summed E-state index contributed by atoms with van der Waals surface area (Å²) in [7, 11) is 1.57. The molecule has 0 bridgehead atoms. The van der Waals surface area contributed by atoms with Crippen LogP contribution in [0.15, 0.2) is 95.1 Å². The Morgan fingerprint density at radius 2 is 1.81 bits per heavy atom. The number of rotatable bonds is 8. The fourth-order valence-corrected chi connectivity index (χ4v) is 4.49.